The number of thiophene rings is 1. The standard InChI is InChI=1S/C10H14BrNOS2/c1-7(10(13)12(2)3)14-6-8-4-5-9(11)15-8/h4-5,7H,6H2,1-3H3/t7-/m1/s1. The molecule has 1 atom stereocenters. The largest absolute Gasteiger partial charge is 0.348 e. The third-order valence-electron chi connectivity index (χ3n) is 1.89. The van der Waals surface area contributed by atoms with Crippen LogP contribution < -0.4 is 0 Å². The lowest BCUT2D eigenvalue weighted by Crippen LogP contribution is -2.29. The normalized spacial score (nSPS) is 12.5. The number of carbonyl (C=O) groups is 1. The van der Waals surface area contributed by atoms with E-state index in [4.69, 9.17) is 0 Å². The van der Waals surface area contributed by atoms with Gasteiger partial charge in [0.25, 0.3) is 0 Å². The fourth-order valence-corrected chi connectivity index (χ4v) is 3.65. The van der Waals surface area contributed by atoms with Crippen molar-refractivity contribution in [3.8, 4) is 0 Å². The minimum atomic E-state index is 0.0286. The molecule has 0 spiro atoms. The summed E-state index contributed by atoms with van der Waals surface area (Å²) in [5.41, 5.74) is 0. The lowest BCUT2D eigenvalue weighted by Gasteiger charge is -2.15. The van der Waals surface area contributed by atoms with Crippen LogP contribution in [0.25, 0.3) is 0 Å². The van der Waals surface area contributed by atoms with E-state index in [-0.39, 0.29) is 11.2 Å². The fraction of sp³-hybridized carbons (Fsp3) is 0.500. The fourth-order valence-electron chi connectivity index (χ4n) is 1.07. The summed E-state index contributed by atoms with van der Waals surface area (Å²) in [7, 11) is 3.59. The van der Waals surface area contributed by atoms with Gasteiger partial charge in [0, 0.05) is 24.7 Å². The van der Waals surface area contributed by atoms with Crippen LogP contribution in [0.3, 0.4) is 0 Å². The van der Waals surface area contributed by atoms with E-state index in [0.29, 0.717) is 0 Å². The number of nitrogens with zero attached hydrogens (tertiary/aromatic N) is 1. The molecule has 0 fully saturated rings. The van der Waals surface area contributed by atoms with E-state index >= 15 is 0 Å². The van der Waals surface area contributed by atoms with Crippen molar-refractivity contribution in [1.82, 2.24) is 4.90 Å². The molecule has 0 aliphatic carbocycles. The molecule has 0 unspecified atom stereocenters. The average molecular weight is 308 g/mol. The minimum Gasteiger partial charge on any atom is -0.348 e. The molecule has 1 aromatic heterocycles. The molecule has 84 valence electrons. The molecule has 0 saturated carbocycles. The molecule has 1 aromatic rings. The predicted molar refractivity (Wildman–Crippen MR) is 71.5 cm³/mol. The quantitative estimate of drug-likeness (QED) is 0.851. The zero-order chi connectivity index (χ0) is 11.4. The van der Waals surface area contributed by atoms with Crippen molar-refractivity contribution in [2.45, 2.75) is 17.9 Å². The summed E-state index contributed by atoms with van der Waals surface area (Å²) >= 11 is 6.82. The number of rotatable bonds is 4. The highest BCUT2D eigenvalue weighted by Crippen LogP contribution is 2.27. The maximum absolute atomic E-state index is 11.6. The summed E-state index contributed by atoms with van der Waals surface area (Å²) < 4.78 is 1.14. The number of thioether (sulfide) groups is 1. The lowest BCUT2D eigenvalue weighted by atomic mass is 10.4. The molecule has 0 aromatic carbocycles. The first-order valence-electron chi connectivity index (χ1n) is 4.57. The van der Waals surface area contributed by atoms with Crippen molar-refractivity contribution in [1.29, 1.82) is 0 Å². The zero-order valence-corrected chi connectivity index (χ0v) is 12.2. The van der Waals surface area contributed by atoms with Crippen molar-refractivity contribution < 1.29 is 4.79 Å². The van der Waals surface area contributed by atoms with E-state index in [2.05, 4.69) is 22.0 Å². The number of amides is 1. The Morgan fingerprint density at radius 3 is 2.73 bits per heavy atom. The molecule has 0 N–H and O–H groups in total. The predicted octanol–water partition coefficient (Wildman–Crippen LogP) is 3.22. The SMILES string of the molecule is C[C@@H](SCc1ccc(Br)s1)C(=O)N(C)C. The molecule has 1 heterocycles. The van der Waals surface area contributed by atoms with Crippen molar-refractivity contribution >= 4 is 44.9 Å². The van der Waals surface area contributed by atoms with Gasteiger partial charge < -0.3 is 4.90 Å². The Morgan fingerprint density at radius 2 is 2.27 bits per heavy atom. The van der Waals surface area contributed by atoms with E-state index < -0.39 is 0 Å². The maximum Gasteiger partial charge on any atom is 0.234 e. The second-order valence-electron chi connectivity index (χ2n) is 3.39. The molecule has 1 amide bonds. The Bertz CT molecular complexity index is 338. The molecule has 1 rings (SSSR count). The summed E-state index contributed by atoms with van der Waals surface area (Å²) in [5, 5.41) is 0.0286. The lowest BCUT2D eigenvalue weighted by molar-refractivity contribution is -0.127. The minimum absolute atomic E-state index is 0.0286. The highest BCUT2D eigenvalue weighted by atomic mass is 79.9. The molecule has 0 aliphatic heterocycles. The summed E-state index contributed by atoms with van der Waals surface area (Å²) in [5.74, 6) is 1.08. The number of hydrogen-bond acceptors (Lipinski definition) is 3. The third kappa shape index (κ3) is 4.17. The molecule has 0 radical (unpaired) electrons. The van der Waals surface area contributed by atoms with Crippen molar-refractivity contribution in [3.63, 3.8) is 0 Å². The van der Waals surface area contributed by atoms with Gasteiger partial charge in [0.1, 0.15) is 0 Å². The van der Waals surface area contributed by atoms with Crippen LogP contribution in [0.1, 0.15) is 11.8 Å². The first-order chi connectivity index (χ1) is 7.00. The average Bonchev–Trinajstić information content (AvgIpc) is 2.59. The van der Waals surface area contributed by atoms with Crippen LogP contribution in [0, 0.1) is 0 Å². The first-order valence-corrected chi connectivity index (χ1v) is 7.23. The molecular formula is C10H14BrNOS2. The number of hydrogen-bond donors (Lipinski definition) is 0. The van der Waals surface area contributed by atoms with Crippen LogP contribution in [0.2, 0.25) is 0 Å². The van der Waals surface area contributed by atoms with Gasteiger partial charge >= 0.3 is 0 Å². The zero-order valence-electron chi connectivity index (χ0n) is 8.99. The second-order valence-corrected chi connectivity index (χ2v) is 7.27. The Balaban J connectivity index is 2.40. The molecule has 15 heavy (non-hydrogen) atoms. The Labute approximate surface area is 107 Å². The van der Waals surface area contributed by atoms with Crippen LogP contribution in [0.15, 0.2) is 15.9 Å². The van der Waals surface area contributed by atoms with Crippen LogP contribution in [0.5, 0.6) is 0 Å². The van der Waals surface area contributed by atoms with Gasteiger partial charge in [-0.05, 0) is 35.0 Å². The molecule has 5 heteroatoms. The van der Waals surface area contributed by atoms with Gasteiger partial charge in [-0.2, -0.15) is 0 Å². The van der Waals surface area contributed by atoms with Crippen molar-refractivity contribution in [2.24, 2.45) is 0 Å². The number of carbonyl (C=O) groups excluding carboxylic acids is 1. The van der Waals surface area contributed by atoms with Gasteiger partial charge in [-0.1, -0.05) is 0 Å². The molecule has 0 aliphatic rings. The molecule has 2 nitrogen and oxygen atoms in total. The Morgan fingerprint density at radius 1 is 1.60 bits per heavy atom. The molecule has 0 bridgehead atoms. The third-order valence-corrected chi connectivity index (χ3v) is 4.88. The van der Waals surface area contributed by atoms with Gasteiger partial charge in [0.2, 0.25) is 5.91 Å². The van der Waals surface area contributed by atoms with E-state index in [9.17, 15) is 4.79 Å². The van der Waals surface area contributed by atoms with E-state index in [0.717, 1.165) is 9.54 Å². The van der Waals surface area contributed by atoms with Gasteiger partial charge in [0.15, 0.2) is 0 Å². The molecular weight excluding hydrogens is 294 g/mol. The van der Waals surface area contributed by atoms with E-state index in [1.54, 1.807) is 42.1 Å². The Kier molecular flexibility index (Phi) is 5.15. The van der Waals surface area contributed by atoms with Crippen LogP contribution >= 0.6 is 39.0 Å². The van der Waals surface area contributed by atoms with Crippen LogP contribution in [-0.2, 0) is 10.5 Å². The van der Waals surface area contributed by atoms with Gasteiger partial charge in [-0.15, -0.1) is 23.1 Å². The second kappa shape index (κ2) is 5.92. The highest BCUT2D eigenvalue weighted by molar-refractivity contribution is 9.11. The highest BCUT2D eigenvalue weighted by Gasteiger charge is 2.15. The van der Waals surface area contributed by atoms with Crippen LogP contribution in [0.4, 0.5) is 0 Å². The number of halogens is 1. The van der Waals surface area contributed by atoms with E-state index in [1.165, 1.54) is 4.88 Å². The smallest absolute Gasteiger partial charge is 0.234 e. The van der Waals surface area contributed by atoms with Crippen molar-refractivity contribution in [2.75, 3.05) is 14.1 Å². The van der Waals surface area contributed by atoms with E-state index in [1.807, 2.05) is 13.0 Å². The first kappa shape index (κ1) is 13.1. The van der Waals surface area contributed by atoms with Gasteiger partial charge in [0.05, 0.1) is 9.04 Å². The topological polar surface area (TPSA) is 20.3 Å². The van der Waals surface area contributed by atoms with Gasteiger partial charge in [-0.3, -0.25) is 4.79 Å². The van der Waals surface area contributed by atoms with Crippen LogP contribution in [-0.4, -0.2) is 30.2 Å². The summed E-state index contributed by atoms with van der Waals surface area (Å²) in [6.45, 7) is 1.95. The summed E-state index contributed by atoms with van der Waals surface area (Å²) in [4.78, 5) is 14.5. The summed E-state index contributed by atoms with van der Waals surface area (Å²) in [6.07, 6.45) is 0. The monoisotopic (exact) mass is 307 g/mol. The Hall–Kier alpha value is -0.000000000000000111. The summed E-state index contributed by atoms with van der Waals surface area (Å²) in [6, 6.07) is 4.13. The maximum atomic E-state index is 11.6. The van der Waals surface area contributed by atoms with Crippen molar-refractivity contribution in [3.05, 3.63) is 20.8 Å². The van der Waals surface area contributed by atoms with Gasteiger partial charge in [-0.25, -0.2) is 0 Å². The molecule has 0 saturated heterocycles.